The van der Waals surface area contributed by atoms with Crippen molar-refractivity contribution in [2.24, 2.45) is 5.92 Å². The minimum atomic E-state index is -0.416. The Morgan fingerprint density at radius 3 is 2.74 bits per heavy atom. The first-order valence-electron chi connectivity index (χ1n) is 13.5. The van der Waals surface area contributed by atoms with E-state index >= 15 is 0 Å². The average Bonchev–Trinajstić information content (AvgIpc) is 2.95. The maximum absolute atomic E-state index is 13.4. The molecule has 1 aromatic carbocycles. The van der Waals surface area contributed by atoms with E-state index in [2.05, 4.69) is 20.6 Å². The van der Waals surface area contributed by atoms with E-state index in [4.69, 9.17) is 9.47 Å². The smallest absolute Gasteiger partial charge is 0.275 e. The number of anilines is 1. The number of likely N-dealkylation sites (N-methyl/N-ethyl adjacent to an activating group) is 1. The number of aromatic nitrogens is 2. The van der Waals surface area contributed by atoms with Crippen molar-refractivity contribution in [1.29, 1.82) is 0 Å². The van der Waals surface area contributed by atoms with Crippen LogP contribution in [0.1, 0.15) is 72.2 Å². The Hall–Kier alpha value is -3.53. The van der Waals surface area contributed by atoms with Gasteiger partial charge in [0.15, 0.2) is 0 Å². The number of fused-ring (bicyclic) bond motifs is 2. The second kappa shape index (κ2) is 11.9. The number of ether oxygens (including phenoxy) is 2. The topological polar surface area (TPSA) is 123 Å². The van der Waals surface area contributed by atoms with Crippen molar-refractivity contribution in [2.45, 2.75) is 69.6 Å². The van der Waals surface area contributed by atoms with E-state index in [9.17, 15) is 14.4 Å². The van der Waals surface area contributed by atoms with Crippen molar-refractivity contribution in [1.82, 2.24) is 20.2 Å². The Kier molecular flexibility index (Phi) is 8.17. The summed E-state index contributed by atoms with van der Waals surface area (Å²) in [6, 6.07) is 4.80. The largest absolute Gasteiger partial charge is 0.490 e. The van der Waals surface area contributed by atoms with Crippen molar-refractivity contribution in [2.75, 3.05) is 25.5 Å². The van der Waals surface area contributed by atoms with Gasteiger partial charge in [0.05, 0.1) is 30.3 Å². The van der Waals surface area contributed by atoms with Crippen LogP contribution in [0.4, 0.5) is 5.69 Å². The average molecular weight is 522 g/mol. The Labute approximate surface area is 222 Å². The van der Waals surface area contributed by atoms with Crippen LogP contribution < -0.4 is 15.4 Å². The molecule has 3 amide bonds. The fourth-order valence-corrected chi connectivity index (χ4v) is 5.65. The third-order valence-corrected chi connectivity index (χ3v) is 7.79. The molecule has 1 saturated carbocycles. The Morgan fingerprint density at radius 1 is 1.11 bits per heavy atom. The fraction of sp³-hybridized carbons (Fsp3) is 0.536. The molecule has 2 fully saturated rings. The lowest BCUT2D eigenvalue weighted by molar-refractivity contribution is -0.134. The molecule has 5 rings (SSSR count). The van der Waals surface area contributed by atoms with Gasteiger partial charge in [-0.3, -0.25) is 19.4 Å². The summed E-state index contributed by atoms with van der Waals surface area (Å²) in [6.07, 6.45) is 11.7. The molecule has 0 bridgehead atoms. The Bertz CT molecular complexity index is 1150. The van der Waals surface area contributed by atoms with Gasteiger partial charge in [-0.2, -0.15) is 0 Å². The SMILES string of the molecule is CN1C(=O)c2cc(NC(=O)c3cnccn3)ccc2OC[C@H]2O[C@H](CC(=O)NCC3CCCCC3)CC[C@@H]21. The van der Waals surface area contributed by atoms with Crippen molar-refractivity contribution in [3.63, 3.8) is 0 Å². The first-order chi connectivity index (χ1) is 18.5. The summed E-state index contributed by atoms with van der Waals surface area (Å²) < 4.78 is 12.3. The summed E-state index contributed by atoms with van der Waals surface area (Å²) in [4.78, 5) is 48.1. The molecule has 38 heavy (non-hydrogen) atoms. The summed E-state index contributed by atoms with van der Waals surface area (Å²) >= 11 is 0. The van der Waals surface area contributed by atoms with Crippen molar-refractivity contribution < 1.29 is 23.9 Å². The maximum Gasteiger partial charge on any atom is 0.275 e. The highest BCUT2D eigenvalue weighted by Gasteiger charge is 2.39. The summed E-state index contributed by atoms with van der Waals surface area (Å²) in [5.74, 6) is 0.409. The Morgan fingerprint density at radius 2 is 1.95 bits per heavy atom. The van der Waals surface area contributed by atoms with Gasteiger partial charge in [-0.05, 0) is 49.8 Å². The molecule has 10 nitrogen and oxygen atoms in total. The van der Waals surface area contributed by atoms with E-state index in [-0.39, 0.29) is 42.4 Å². The second-order valence-corrected chi connectivity index (χ2v) is 10.4. The number of carbonyl (C=O) groups excluding carboxylic acids is 3. The summed E-state index contributed by atoms with van der Waals surface area (Å²) in [6.45, 7) is 1.01. The molecule has 0 radical (unpaired) electrons. The molecule has 2 aliphatic heterocycles. The summed E-state index contributed by atoms with van der Waals surface area (Å²) in [7, 11) is 1.76. The third kappa shape index (κ3) is 6.12. The molecule has 3 aliphatic rings. The highest BCUT2D eigenvalue weighted by molar-refractivity contribution is 6.04. The minimum Gasteiger partial charge on any atom is -0.490 e. The third-order valence-electron chi connectivity index (χ3n) is 7.79. The summed E-state index contributed by atoms with van der Waals surface area (Å²) in [5, 5.41) is 5.86. The zero-order valence-corrected chi connectivity index (χ0v) is 21.7. The van der Waals surface area contributed by atoms with Crippen LogP contribution >= 0.6 is 0 Å². The van der Waals surface area contributed by atoms with Gasteiger partial charge in [-0.15, -0.1) is 0 Å². The Balaban J connectivity index is 1.20. The van der Waals surface area contributed by atoms with E-state index in [0.29, 0.717) is 35.8 Å². The number of benzene rings is 1. The van der Waals surface area contributed by atoms with Crippen LogP contribution in [0.3, 0.4) is 0 Å². The highest BCUT2D eigenvalue weighted by Crippen LogP contribution is 2.32. The van der Waals surface area contributed by atoms with Crippen LogP contribution in [0.2, 0.25) is 0 Å². The zero-order valence-electron chi connectivity index (χ0n) is 21.7. The van der Waals surface area contributed by atoms with Gasteiger partial charge in [0.2, 0.25) is 5.91 Å². The lowest BCUT2D eigenvalue weighted by atomic mass is 9.89. The summed E-state index contributed by atoms with van der Waals surface area (Å²) in [5.41, 5.74) is 1.01. The van der Waals surface area contributed by atoms with E-state index in [1.807, 2.05) is 0 Å². The van der Waals surface area contributed by atoms with Gasteiger partial charge >= 0.3 is 0 Å². The van der Waals surface area contributed by atoms with Crippen LogP contribution in [0.15, 0.2) is 36.8 Å². The molecule has 3 heterocycles. The van der Waals surface area contributed by atoms with Gasteiger partial charge in [0.25, 0.3) is 11.8 Å². The second-order valence-electron chi connectivity index (χ2n) is 10.4. The monoisotopic (exact) mass is 521 g/mol. The number of hydrogen-bond donors (Lipinski definition) is 2. The van der Waals surface area contributed by atoms with Crippen molar-refractivity contribution in [3.05, 3.63) is 48.0 Å². The number of rotatable bonds is 6. The predicted octanol–water partition coefficient (Wildman–Crippen LogP) is 3.20. The van der Waals surface area contributed by atoms with Gasteiger partial charge in [-0.1, -0.05) is 19.3 Å². The van der Waals surface area contributed by atoms with Crippen LogP contribution in [0, 0.1) is 5.92 Å². The highest BCUT2D eigenvalue weighted by atomic mass is 16.5. The molecule has 2 N–H and O–H groups in total. The van der Waals surface area contributed by atoms with E-state index in [1.54, 1.807) is 30.1 Å². The number of hydrogen-bond acceptors (Lipinski definition) is 7. The van der Waals surface area contributed by atoms with Gasteiger partial charge < -0.3 is 25.0 Å². The molecule has 0 spiro atoms. The number of amides is 3. The van der Waals surface area contributed by atoms with Crippen LogP contribution in [-0.2, 0) is 9.53 Å². The van der Waals surface area contributed by atoms with Crippen LogP contribution in [-0.4, -0.2) is 71.0 Å². The van der Waals surface area contributed by atoms with Crippen molar-refractivity contribution in [3.8, 4) is 5.75 Å². The van der Waals surface area contributed by atoms with Gasteiger partial charge in [-0.25, -0.2) is 4.98 Å². The number of nitrogens with zero attached hydrogens (tertiary/aromatic N) is 3. The lowest BCUT2D eigenvalue weighted by Crippen LogP contribution is -2.54. The molecule has 1 aliphatic carbocycles. The molecule has 1 aromatic heterocycles. The molecule has 202 valence electrons. The standard InChI is InChI=1S/C28H35N5O5/c1-33-23-9-8-20(14-26(34)31-15-18-5-3-2-4-6-18)38-25(23)17-37-24-10-7-19(13-21(24)28(33)36)32-27(35)22-16-29-11-12-30-22/h7,10-13,16,18,20,23,25H,2-6,8-9,14-15,17H2,1H3,(H,31,34)(H,32,35)/t20-,23-,25+/m0/s1. The quantitative estimate of drug-likeness (QED) is 0.599. The molecule has 2 aromatic rings. The van der Waals surface area contributed by atoms with Crippen molar-refractivity contribution >= 4 is 23.4 Å². The normalized spacial score (nSPS) is 23.8. The molecular formula is C28H35N5O5. The van der Waals surface area contributed by atoms with E-state index < -0.39 is 5.91 Å². The van der Waals surface area contributed by atoms with Gasteiger partial charge in [0.1, 0.15) is 24.2 Å². The molecule has 0 unspecified atom stereocenters. The maximum atomic E-state index is 13.4. The predicted molar refractivity (Wildman–Crippen MR) is 140 cm³/mol. The van der Waals surface area contributed by atoms with E-state index in [0.717, 1.165) is 13.0 Å². The zero-order chi connectivity index (χ0) is 26.5. The van der Waals surface area contributed by atoms with E-state index in [1.165, 1.54) is 50.7 Å². The molecular weight excluding hydrogens is 486 g/mol. The van der Waals surface area contributed by atoms with Crippen LogP contribution in [0.5, 0.6) is 5.75 Å². The first kappa shape index (κ1) is 26.1. The van der Waals surface area contributed by atoms with Crippen LogP contribution in [0.25, 0.3) is 0 Å². The molecule has 3 atom stereocenters. The minimum absolute atomic E-state index is 0.0247. The fourth-order valence-electron chi connectivity index (χ4n) is 5.65. The molecule has 10 heteroatoms. The first-order valence-corrected chi connectivity index (χ1v) is 13.5. The number of carbonyl (C=O) groups is 3. The van der Waals surface area contributed by atoms with Gasteiger partial charge in [0, 0.05) is 31.7 Å². The lowest BCUT2D eigenvalue weighted by Gasteiger charge is -2.42. The molecule has 1 saturated heterocycles. The number of nitrogens with one attached hydrogen (secondary N) is 2.